The van der Waals surface area contributed by atoms with Crippen LogP contribution in [0.4, 0.5) is 20.3 Å². The number of hydrogen-bond acceptors (Lipinski definition) is 4. The van der Waals surface area contributed by atoms with Crippen molar-refractivity contribution in [2.24, 2.45) is 0 Å². The first-order chi connectivity index (χ1) is 14.2. The Morgan fingerprint density at radius 3 is 2.40 bits per heavy atom. The minimum atomic E-state index is -1.24. The molecule has 164 valence electrons. The number of nitrogens with one attached hydrogen (secondary N) is 1. The zero-order valence-corrected chi connectivity index (χ0v) is 17.7. The molecule has 0 aliphatic heterocycles. The van der Waals surface area contributed by atoms with Gasteiger partial charge in [-0.05, 0) is 25.0 Å². The molecule has 0 aliphatic rings. The van der Waals surface area contributed by atoms with E-state index in [0.29, 0.717) is 25.0 Å². The van der Waals surface area contributed by atoms with Crippen LogP contribution in [0.1, 0.15) is 56.3 Å². The number of halogens is 3. The Kier molecular flexibility index (Phi) is 8.16. The number of nitrogen functional groups attached to an aromatic ring is 1. The Morgan fingerprint density at radius 2 is 1.77 bits per heavy atom. The summed E-state index contributed by atoms with van der Waals surface area (Å²) < 4.78 is 28.4. The van der Waals surface area contributed by atoms with Crippen LogP contribution >= 0.6 is 11.6 Å². The van der Waals surface area contributed by atoms with E-state index in [1.807, 2.05) is 13.8 Å². The van der Waals surface area contributed by atoms with Crippen LogP contribution in [0, 0.1) is 11.6 Å². The third-order valence-electron chi connectivity index (χ3n) is 4.69. The van der Waals surface area contributed by atoms with E-state index >= 15 is 0 Å². The number of nitrogens with two attached hydrogens (primary N) is 1. The number of rotatable bonds is 9. The molecule has 0 atom stereocenters. The van der Waals surface area contributed by atoms with Crippen LogP contribution < -0.4 is 21.9 Å². The van der Waals surface area contributed by atoms with Gasteiger partial charge in [-0.15, -0.1) is 0 Å². The zero-order valence-electron chi connectivity index (χ0n) is 16.9. The van der Waals surface area contributed by atoms with Crippen molar-refractivity contribution in [1.82, 2.24) is 9.55 Å². The highest BCUT2D eigenvalue weighted by Crippen LogP contribution is 2.26. The minimum Gasteiger partial charge on any atom is -0.383 e. The molecule has 0 spiro atoms. The predicted molar refractivity (Wildman–Crippen MR) is 113 cm³/mol. The number of H-pyrrole nitrogens is 1. The smallest absolute Gasteiger partial charge is 0.330 e. The van der Waals surface area contributed by atoms with Gasteiger partial charge in [0, 0.05) is 13.1 Å². The maximum atomic E-state index is 13.8. The van der Waals surface area contributed by atoms with Crippen molar-refractivity contribution in [3.8, 4) is 0 Å². The van der Waals surface area contributed by atoms with Gasteiger partial charge in [0.15, 0.2) is 17.3 Å². The summed E-state index contributed by atoms with van der Waals surface area (Å²) in [7, 11) is 0. The number of aromatic nitrogens is 2. The second-order valence-electron chi connectivity index (χ2n) is 6.91. The fourth-order valence-corrected chi connectivity index (χ4v) is 3.27. The highest BCUT2D eigenvalue weighted by Gasteiger charge is 2.27. The SMILES string of the molecule is CCCCCN(C(=O)c1cc(F)c(F)cc1Cl)c1c(N)n(CCCC)c(=O)[nH]c1=O. The molecule has 1 aromatic heterocycles. The molecule has 1 amide bonds. The molecule has 0 fully saturated rings. The van der Waals surface area contributed by atoms with E-state index in [1.165, 1.54) is 4.57 Å². The minimum absolute atomic E-state index is 0.0846. The fourth-order valence-electron chi connectivity index (χ4n) is 3.04. The molecule has 10 heteroatoms. The Balaban J connectivity index is 2.62. The van der Waals surface area contributed by atoms with Crippen molar-refractivity contribution in [2.75, 3.05) is 17.2 Å². The Hall–Kier alpha value is -2.68. The van der Waals surface area contributed by atoms with Crippen LogP contribution in [0.5, 0.6) is 0 Å². The van der Waals surface area contributed by atoms with Gasteiger partial charge in [0.2, 0.25) is 0 Å². The third-order valence-corrected chi connectivity index (χ3v) is 5.00. The summed E-state index contributed by atoms with van der Waals surface area (Å²) in [6, 6.07) is 1.38. The number of carbonyl (C=O) groups is 1. The molecule has 0 saturated carbocycles. The summed E-state index contributed by atoms with van der Waals surface area (Å²) in [5, 5.41) is -0.298. The number of amides is 1. The summed E-state index contributed by atoms with van der Waals surface area (Å²) in [6.07, 6.45) is 3.53. The van der Waals surface area contributed by atoms with Crippen LogP contribution in [-0.2, 0) is 6.54 Å². The zero-order chi connectivity index (χ0) is 22.4. The number of anilines is 2. The molecule has 1 heterocycles. The molecule has 0 saturated heterocycles. The second kappa shape index (κ2) is 10.4. The van der Waals surface area contributed by atoms with Gasteiger partial charge in [-0.3, -0.25) is 19.1 Å². The molecule has 2 rings (SSSR count). The van der Waals surface area contributed by atoms with E-state index in [2.05, 4.69) is 4.98 Å². The molecular formula is C20H25ClF2N4O3. The lowest BCUT2D eigenvalue weighted by molar-refractivity contribution is 0.0985. The lowest BCUT2D eigenvalue weighted by Gasteiger charge is -2.25. The van der Waals surface area contributed by atoms with E-state index in [9.17, 15) is 23.2 Å². The molecular weight excluding hydrogens is 418 g/mol. The molecule has 0 radical (unpaired) electrons. The molecule has 0 bridgehead atoms. The van der Waals surface area contributed by atoms with Gasteiger partial charge < -0.3 is 10.6 Å². The topological polar surface area (TPSA) is 101 Å². The van der Waals surface area contributed by atoms with Crippen molar-refractivity contribution >= 4 is 29.0 Å². The van der Waals surface area contributed by atoms with Crippen molar-refractivity contribution in [3.05, 3.63) is 55.2 Å². The average Bonchev–Trinajstić information content (AvgIpc) is 2.68. The highest BCUT2D eigenvalue weighted by atomic mass is 35.5. The first-order valence-corrected chi connectivity index (χ1v) is 10.2. The quantitative estimate of drug-likeness (QED) is 0.456. The van der Waals surface area contributed by atoms with Gasteiger partial charge in [-0.1, -0.05) is 44.7 Å². The van der Waals surface area contributed by atoms with E-state index < -0.39 is 28.8 Å². The number of benzene rings is 1. The fraction of sp³-hybridized carbons (Fsp3) is 0.450. The van der Waals surface area contributed by atoms with Crippen LogP contribution in [-0.4, -0.2) is 22.0 Å². The maximum absolute atomic E-state index is 13.8. The van der Waals surface area contributed by atoms with Gasteiger partial charge in [-0.2, -0.15) is 0 Å². The van der Waals surface area contributed by atoms with E-state index in [-0.39, 0.29) is 35.2 Å². The van der Waals surface area contributed by atoms with E-state index in [4.69, 9.17) is 17.3 Å². The Bertz CT molecular complexity index is 1040. The van der Waals surface area contributed by atoms with Crippen molar-refractivity contribution in [3.63, 3.8) is 0 Å². The van der Waals surface area contributed by atoms with Gasteiger partial charge in [0.05, 0.1) is 10.6 Å². The Morgan fingerprint density at radius 1 is 1.13 bits per heavy atom. The molecule has 0 unspecified atom stereocenters. The number of unbranched alkanes of at least 4 members (excludes halogenated alkanes) is 3. The molecule has 7 nitrogen and oxygen atoms in total. The standard InChI is InChI=1S/C20H25ClF2N4O3/c1-3-5-7-9-26(19(29)12-10-14(22)15(23)11-13(12)21)16-17(24)27(8-6-4-2)20(30)25-18(16)28/h10-11H,3-9,24H2,1-2H3,(H,25,28,30). The third kappa shape index (κ3) is 5.08. The summed E-state index contributed by atoms with van der Waals surface area (Å²) in [5.41, 5.74) is 4.08. The predicted octanol–water partition coefficient (Wildman–Crippen LogP) is 3.69. The van der Waals surface area contributed by atoms with Gasteiger partial charge >= 0.3 is 5.69 Å². The summed E-state index contributed by atoms with van der Waals surface area (Å²) >= 11 is 5.97. The van der Waals surface area contributed by atoms with Crippen molar-refractivity contribution in [2.45, 2.75) is 52.5 Å². The average molecular weight is 443 g/mol. The Labute approximate surface area is 177 Å². The van der Waals surface area contributed by atoms with Gasteiger partial charge in [0.1, 0.15) is 5.82 Å². The van der Waals surface area contributed by atoms with Gasteiger partial charge in [0.25, 0.3) is 11.5 Å². The van der Waals surface area contributed by atoms with Crippen LogP contribution in [0.25, 0.3) is 0 Å². The normalized spacial score (nSPS) is 11.0. The van der Waals surface area contributed by atoms with Gasteiger partial charge in [-0.25, -0.2) is 13.6 Å². The summed E-state index contributed by atoms with van der Waals surface area (Å²) in [4.78, 5) is 41.2. The lowest BCUT2D eigenvalue weighted by atomic mass is 10.1. The number of hydrogen-bond donors (Lipinski definition) is 2. The molecule has 3 N–H and O–H groups in total. The molecule has 0 aliphatic carbocycles. The molecule has 2 aromatic rings. The molecule has 1 aromatic carbocycles. The summed E-state index contributed by atoms with van der Waals surface area (Å²) in [5.74, 6) is -3.42. The van der Waals surface area contributed by atoms with E-state index in [1.54, 1.807) is 0 Å². The highest BCUT2D eigenvalue weighted by molar-refractivity contribution is 6.34. The largest absolute Gasteiger partial charge is 0.383 e. The lowest BCUT2D eigenvalue weighted by Crippen LogP contribution is -2.41. The van der Waals surface area contributed by atoms with Crippen molar-refractivity contribution < 1.29 is 13.6 Å². The second-order valence-corrected chi connectivity index (χ2v) is 7.32. The first-order valence-electron chi connectivity index (χ1n) is 9.81. The van der Waals surface area contributed by atoms with Crippen molar-refractivity contribution in [1.29, 1.82) is 0 Å². The van der Waals surface area contributed by atoms with Crippen LogP contribution in [0.2, 0.25) is 5.02 Å². The number of carbonyl (C=O) groups excluding carboxylic acids is 1. The first kappa shape index (κ1) is 23.6. The monoisotopic (exact) mass is 442 g/mol. The van der Waals surface area contributed by atoms with E-state index in [0.717, 1.165) is 24.2 Å². The molecule has 30 heavy (non-hydrogen) atoms. The van der Waals surface area contributed by atoms with Crippen LogP contribution in [0.15, 0.2) is 21.7 Å². The van der Waals surface area contributed by atoms with Crippen LogP contribution in [0.3, 0.4) is 0 Å². The maximum Gasteiger partial charge on any atom is 0.330 e. The summed E-state index contributed by atoms with van der Waals surface area (Å²) in [6.45, 7) is 4.24. The number of nitrogens with zero attached hydrogens (tertiary/aromatic N) is 2. The number of aromatic amines is 1.